The van der Waals surface area contributed by atoms with Gasteiger partial charge in [0.25, 0.3) is 0 Å². The fourth-order valence-corrected chi connectivity index (χ4v) is 2.76. The minimum atomic E-state index is 0.441. The molecule has 0 bridgehead atoms. The van der Waals surface area contributed by atoms with Gasteiger partial charge in [-0.05, 0) is 30.5 Å². The van der Waals surface area contributed by atoms with Crippen LogP contribution in [-0.4, -0.2) is 20.2 Å². The molecule has 0 fully saturated rings. The number of hydrogen-bond donors (Lipinski definition) is 3. The van der Waals surface area contributed by atoms with Gasteiger partial charge in [-0.15, -0.1) is 0 Å². The van der Waals surface area contributed by atoms with Gasteiger partial charge in [0.1, 0.15) is 11.6 Å². The third-order valence-corrected chi connectivity index (χ3v) is 3.85. The molecule has 118 valence electrons. The molecule has 0 atom stereocenters. The average molecular weight is 316 g/mol. The van der Waals surface area contributed by atoms with E-state index in [1.165, 1.54) is 0 Å². The summed E-state index contributed by atoms with van der Waals surface area (Å²) in [7, 11) is 0. The molecule has 0 spiro atoms. The molecule has 6 heteroatoms. The minimum absolute atomic E-state index is 0.441. The van der Waals surface area contributed by atoms with Crippen molar-refractivity contribution in [2.75, 3.05) is 11.1 Å². The van der Waals surface area contributed by atoms with Gasteiger partial charge in [0, 0.05) is 29.2 Å². The van der Waals surface area contributed by atoms with Crippen LogP contribution in [0.1, 0.15) is 5.69 Å². The van der Waals surface area contributed by atoms with E-state index in [9.17, 15) is 0 Å². The lowest BCUT2D eigenvalue weighted by atomic mass is 10.0. The molecule has 0 unspecified atom stereocenters. The summed E-state index contributed by atoms with van der Waals surface area (Å²) >= 11 is 0. The van der Waals surface area contributed by atoms with Crippen LogP contribution in [0.4, 0.5) is 17.3 Å². The predicted molar refractivity (Wildman–Crippen MR) is 96.0 cm³/mol. The molecule has 0 aliphatic carbocycles. The highest BCUT2D eigenvalue weighted by molar-refractivity contribution is 6.05. The van der Waals surface area contributed by atoms with Crippen LogP contribution in [0.2, 0.25) is 0 Å². The van der Waals surface area contributed by atoms with Crippen LogP contribution in [0.3, 0.4) is 0 Å². The van der Waals surface area contributed by atoms with Crippen LogP contribution >= 0.6 is 0 Å². The molecule has 4 aromatic rings. The number of nitrogens with one attached hydrogen (secondary N) is 2. The van der Waals surface area contributed by atoms with E-state index < -0.39 is 0 Å². The van der Waals surface area contributed by atoms with E-state index in [2.05, 4.69) is 25.5 Å². The molecular formula is C18H16N6. The van der Waals surface area contributed by atoms with E-state index in [1.54, 1.807) is 12.4 Å². The minimum Gasteiger partial charge on any atom is -0.383 e. The monoisotopic (exact) mass is 316 g/mol. The summed E-state index contributed by atoms with van der Waals surface area (Å²) < 4.78 is 0. The second-order valence-corrected chi connectivity index (χ2v) is 5.56. The SMILES string of the molecule is Cc1cc(-c2c(N)nc(Nc3ccncc3)c3ccccc23)n[nH]1. The van der Waals surface area contributed by atoms with E-state index in [4.69, 9.17) is 5.73 Å². The largest absolute Gasteiger partial charge is 0.383 e. The fourth-order valence-electron chi connectivity index (χ4n) is 2.76. The summed E-state index contributed by atoms with van der Waals surface area (Å²) in [5, 5.41) is 12.6. The zero-order valence-corrected chi connectivity index (χ0v) is 13.1. The second kappa shape index (κ2) is 5.66. The molecule has 4 N–H and O–H groups in total. The molecule has 0 aliphatic rings. The van der Waals surface area contributed by atoms with Crippen LogP contribution in [0.25, 0.3) is 22.0 Å². The maximum atomic E-state index is 6.27. The van der Waals surface area contributed by atoms with Gasteiger partial charge in [0.15, 0.2) is 0 Å². The number of benzene rings is 1. The number of nitrogens with two attached hydrogens (primary N) is 1. The molecular weight excluding hydrogens is 300 g/mol. The molecule has 1 aromatic carbocycles. The Bertz CT molecular complexity index is 1010. The lowest BCUT2D eigenvalue weighted by Crippen LogP contribution is -2.02. The molecule has 0 saturated heterocycles. The number of pyridine rings is 2. The van der Waals surface area contributed by atoms with Crippen molar-refractivity contribution in [1.29, 1.82) is 0 Å². The highest BCUT2D eigenvalue weighted by atomic mass is 15.1. The third kappa shape index (κ3) is 2.44. The maximum Gasteiger partial charge on any atom is 0.140 e. The van der Waals surface area contributed by atoms with Gasteiger partial charge >= 0.3 is 0 Å². The summed E-state index contributed by atoms with van der Waals surface area (Å²) in [5.41, 5.74) is 9.79. The maximum absolute atomic E-state index is 6.27. The molecule has 0 aliphatic heterocycles. The lowest BCUT2D eigenvalue weighted by molar-refractivity contribution is 1.05. The highest BCUT2D eigenvalue weighted by Gasteiger charge is 2.15. The summed E-state index contributed by atoms with van der Waals surface area (Å²) in [4.78, 5) is 8.60. The Morgan fingerprint density at radius 1 is 1.04 bits per heavy atom. The molecule has 24 heavy (non-hydrogen) atoms. The fraction of sp³-hybridized carbons (Fsp3) is 0.0556. The number of aryl methyl sites for hydroxylation is 1. The molecule has 4 rings (SSSR count). The quantitative estimate of drug-likeness (QED) is 0.536. The van der Waals surface area contributed by atoms with Crippen molar-refractivity contribution in [2.24, 2.45) is 0 Å². The van der Waals surface area contributed by atoms with Gasteiger partial charge < -0.3 is 11.1 Å². The van der Waals surface area contributed by atoms with E-state index in [0.717, 1.165) is 33.4 Å². The van der Waals surface area contributed by atoms with Gasteiger partial charge in [0.05, 0.1) is 11.3 Å². The smallest absolute Gasteiger partial charge is 0.140 e. The number of rotatable bonds is 3. The molecule has 3 aromatic heterocycles. The molecule has 6 nitrogen and oxygen atoms in total. The molecule has 0 amide bonds. The summed E-state index contributed by atoms with van der Waals surface area (Å²) in [6.45, 7) is 1.96. The van der Waals surface area contributed by atoms with Crippen LogP contribution in [0, 0.1) is 6.92 Å². The van der Waals surface area contributed by atoms with Crippen molar-refractivity contribution < 1.29 is 0 Å². The van der Waals surface area contributed by atoms with Crippen molar-refractivity contribution >= 4 is 28.1 Å². The number of H-pyrrole nitrogens is 1. The summed E-state index contributed by atoms with van der Waals surface area (Å²) in [6.07, 6.45) is 3.46. The summed E-state index contributed by atoms with van der Waals surface area (Å²) in [5.74, 6) is 1.15. The van der Waals surface area contributed by atoms with Gasteiger partial charge in [0.2, 0.25) is 0 Å². The second-order valence-electron chi connectivity index (χ2n) is 5.56. The van der Waals surface area contributed by atoms with E-state index in [0.29, 0.717) is 11.6 Å². The number of aromatic amines is 1. The average Bonchev–Trinajstić information content (AvgIpc) is 3.02. The zero-order chi connectivity index (χ0) is 16.5. The normalized spacial score (nSPS) is 10.9. The standard InChI is InChI=1S/C18H16N6/c1-11-10-15(24-23-11)16-13-4-2-3-5-14(13)18(22-17(16)19)21-12-6-8-20-9-7-12/h2-10H,1H3,(H,23,24)(H3,19,20,21,22). The Kier molecular flexibility index (Phi) is 3.35. The van der Waals surface area contributed by atoms with Crippen molar-refractivity contribution in [3.63, 3.8) is 0 Å². The van der Waals surface area contributed by atoms with E-state index in [-0.39, 0.29) is 0 Å². The van der Waals surface area contributed by atoms with E-state index in [1.807, 2.05) is 49.4 Å². The Morgan fingerprint density at radius 2 is 1.79 bits per heavy atom. The Balaban J connectivity index is 1.92. The first kappa shape index (κ1) is 14.2. The van der Waals surface area contributed by atoms with Crippen molar-refractivity contribution in [3.8, 4) is 11.3 Å². The summed E-state index contributed by atoms with van der Waals surface area (Å²) in [6, 6.07) is 13.8. The number of hydrogen-bond acceptors (Lipinski definition) is 5. The topological polar surface area (TPSA) is 92.5 Å². The molecule has 3 heterocycles. The van der Waals surface area contributed by atoms with Gasteiger partial charge in [-0.2, -0.15) is 5.10 Å². The number of aromatic nitrogens is 4. The predicted octanol–water partition coefficient (Wildman–Crippen LogP) is 3.65. The number of anilines is 3. The van der Waals surface area contributed by atoms with Gasteiger partial charge in [-0.3, -0.25) is 10.1 Å². The van der Waals surface area contributed by atoms with Crippen LogP contribution in [0.15, 0.2) is 54.9 Å². The van der Waals surface area contributed by atoms with Gasteiger partial charge in [-0.1, -0.05) is 24.3 Å². The number of fused-ring (bicyclic) bond motifs is 1. The van der Waals surface area contributed by atoms with Crippen LogP contribution in [-0.2, 0) is 0 Å². The van der Waals surface area contributed by atoms with Crippen LogP contribution < -0.4 is 11.1 Å². The third-order valence-electron chi connectivity index (χ3n) is 3.85. The van der Waals surface area contributed by atoms with Crippen molar-refractivity contribution in [3.05, 3.63) is 60.6 Å². The van der Waals surface area contributed by atoms with Crippen LogP contribution in [0.5, 0.6) is 0 Å². The first-order valence-electron chi connectivity index (χ1n) is 7.60. The molecule has 0 saturated carbocycles. The number of nitrogens with zero attached hydrogens (tertiary/aromatic N) is 3. The first-order valence-corrected chi connectivity index (χ1v) is 7.60. The van der Waals surface area contributed by atoms with Crippen molar-refractivity contribution in [1.82, 2.24) is 20.2 Å². The Morgan fingerprint density at radius 3 is 2.50 bits per heavy atom. The van der Waals surface area contributed by atoms with E-state index >= 15 is 0 Å². The number of nitrogen functional groups attached to an aromatic ring is 1. The zero-order valence-electron chi connectivity index (χ0n) is 13.1. The first-order chi connectivity index (χ1) is 11.7. The lowest BCUT2D eigenvalue weighted by Gasteiger charge is -2.13. The highest BCUT2D eigenvalue weighted by Crippen LogP contribution is 2.36. The molecule has 0 radical (unpaired) electrons. The van der Waals surface area contributed by atoms with Crippen molar-refractivity contribution in [2.45, 2.75) is 6.92 Å². The Hall–Kier alpha value is -3.41. The Labute approximate surface area is 138 Å². The van der Waals surface area contributed by atoms with Gasteiger partial charge in [-0.25, -0.2) is 4.98 Å².